The molecular formula is C8H2ClF3N. The minimum Gasteiger partial charge on any atom is -0.192 e. The standard InChI is InChI=1S/C8H2ClF3N/c9-7-2-5(4-13)1-6(3-7)8(10,11)12/h1,3H. The van der Waals surface area contributed by atoms with Gasteiger partial charge in [0.15, 0.2) is 0 Å². The predicted molar refractivity (Wildman–Crippen MR) is 40.0 cm³/mol. The van der Waals surface area contributed by atoms with Crippen LogP contribution in [0, 0.1) is 17.4 Å². The van der Waals surface area contributed by atoms with Crippen LogP contribution in [0.25, 0.3) is 0 Å². The largest absolute Gasteiger partial charge is 0.416 e. The fourth-order valence-corrected chi connectivity index (χ4v) is 0.978. The summed E-state index contributed by atoms with van der Waals surface area (Å²) in [5.74, 6) is 0. The summed E-state index contributed by atoms with van der Waals surface area (Å²) in [6.45, 7) is 0. The van der Waals surface area contributed by atoms with Gasteiger partial charge in [-0.05, 0) is 12.1 Å². The van der Waals surface area contributed by atoms with Crippen molar-refractivity contribution in [1.82, 2.24) is 0 Å². The summed E-state index contributed by atoms with van der Waals surface area (Å²) >= 11 is 5.33. The number of halogens is 4. The smallest absolute Gasteiger partial charge is 0.192 e. The Morgan fingerprint density at radius 3 is 2.46 bits per heavy atom. The third kappa shape index (κ3) is 2.36. The van der Waals surface area contributed by atoms with Gasteiger partial charge in [0.2, 0.25) is 0 Å². The zero-order valence-corrected chi connectivity index (χ0v) is 6.87. The SMILES string of the molecule is N#Cc1[c]c(Cl)cc(C(F)(F)F)c1. The highest BCUT2D eigenvalue weighted by Gasteiger charge is 2.31. The Labute approximate surface area is 77.4 Å². The molecule has 0 aromatic heterocycles. The van der Waals surface area contributed by atoms with Gasteiger partial charge in [-0.25, -0.2) is 0 Å². The maximum Gasteiger partial charge on any atom is 0.416 e. The van der Waals surface area contributed by atoms with Crippen molar-refractivity contribution in [3.8, 4) is 6.07 Å². The summed E-state index contributed by atoms with van der Waals surface area (Å²) in [5, 5.41) is 8.13. The van der Waals surface area contributed by atoms with E-state index in [0.29, 0.717) is 6.07 Å². The van der Waals surface area contributed by atoms with Crippen LogP contribution in [0.3, 0.4) is 0 Å². The Kier molecular flexibility index (Phi) is 2.48. The second-order valence-corrected chi connectivity index (χ2v) is 2.65. The molecule has 0 saturated heterocycles. The highest BCUT2D eigenvalue weighted by atomic mass is 35.5. The highest BCUT2D eigenvalue weighted by molar-refractivity contribution is 6.30. The van der Waals surface area contributed by atoms with E-state index in [-0.39, 0.29) is 10.6 Å². The summed E-state index contributed by atoms with van der Waals surface area (Å²) in [4.78, 5) is 0. The van der Waals surface area contributed by atoms with Gasteiger partial charge in [0.25, 0.3) is 0 Å². The molecule has 0 atom stereocenters. The van der Waals surface area contributed by atoms with Crippen molar-refractivity contribution in [3.05, 3.63) is 34.3 Å². The van der Waals surface area contributed by atoms with Crippen molar-refractivity contribution in [2.45, 2.75) is 6.18 Å². The fraction of sp³-hybridized carbons (Fsp3) is 0.125. The number of benzene rings is 1. The van der Waals surface area contributed by atoms with Crippen LogP contribution in [0.5, 0.6) is 0 Å². The van der Waals surface area contributed by atoms with Gasteiger partial charge in [0.05, 0.1) is 22.2 Å². The Hall–Kier alpha value is -1.21. The van der Waals surface area contributed by atoms with E-state index in [1.54, 1.807) is 6.07 Å². The minimum absolute atomic E-state index is 0.216. The summed E-state index contributed by atoms with van der Waals surface area (Å²) < 4.78 is 36.3. The zero-order chi connectivity index (χ0) is 10.1. The first kappa shape index (κ1) is 9.87. The molecule has 1 nitrogen and oxygen atoms in total. The van der Waals surface area contributed by atoms with Crippen LogP contribution in [0.4, 0.5) is 13.2 Å². The van der Waals surface area contributed by atoms with Gasteiger partial charge in [0, 0.05) is 6.07 Å². The van der Waals surface area contributed by atoms with Crippen LogP contribution < -0.4 is 0 Å². The van der Waals surface area contributed by atoms with Crippen LogP contribution in [0.2, 0.25) is 5.02 Å². The highest BCUT2D eigenvalue weighted by Crippen LogP contribution is 2.31. The molecule has 0 aliphatic heterocycles. The number of rotatable bonds is 0. The van der Waals surface area contributed by atoms with Crippen molar-refractivity contribution < 1.29 is 13.2 Å². The Bertz CT molecular complexity index is 365. The van der Waals surface area contributed by atoms with E-state index in [0.717, 1.165) is 6.07 Å². The fourth-order valence-electron chi connectivity index (χ4n) is 0.758. The molecule has 67 valence electrons. The molecule has 0 aliphatic carbocycles. The van der Waals surface area contributed by atoms with E-state index in [9.17, 15) is 13.2 Å². The lowest BCUT2D eigenvalue weighted by Gasteiger charge is -2.06. The first-order valence-corrected chi connectivity index (χ1v) is 3.51. The van der Waals surface area contributed by atoms with Crippen molar-refractivity contribution in [3.63, 3.8) is 0 Å². The molecule has 1 rings (SSSR count). The third-order valence-electron chi connectivity index (χ3n) is 1.28. The van der Waals surface area contributed by atoms with E-state index >= 15 is 0 Å². The topological polar surface area (TPSA) is 23.8 Å². The number of nitrogens with zero attached hydrogens (tertiary/aromatic N) is 1. The third-order valence-corrected chi connectivity index (χ3v) is 1.49. The first-order chi connectivity index (χ1) is 5.93. The predicted octanol–water partition coefficient (Wildman–Crippen LogP) is 3.03. The van der Waals surface area contributed by atoms with Gasteiger partial charge in [0.1, 0.15) is 0 Å². The molecule has 0 heterocycles. The van der Waals surface area contributed by atoms with Gasteiger partial charge in [-0.2, -0.15) is 18.4 Å². The average molecular weight is 205 g/mol. The van der Waals surface area contributed by atoms with Crippen molar-refractivity contribution in [1.29, 1.82) is 5.26 Å². The van der Waals surface area contributed by atoms with Crippen LogP contribution >= 0.6 is 11.6 Å². The van der Waals surface area contributed by atoms with E-state index < -0.39 is 11.7 Å². The average Bonchev–Trinajstić information content (AvgIpc) is 2.01. The molecule has 0 amide bonds. The molecule has 0 saturated carbocycles. The van der Waals surface area contributed by atoms with Crippen molar-refractivity contribution in [2.75, 3.05) is 0 Å². The molecule has 5 heteroatoms. The minimum atomic E-state index is -4.48. The van der Waals surface area contributed by atoms with Gasteiger partial charge >= 0.3 is 6.18 Å². The molecule has 0 spiro atoms. The summed E-state index contributed by atoms with van der Waals surface area (Å²) in [6, 6.07) is 5.24. The molecular weight excluding hydrogens is 203 g/mol. The van der Waals surface area contributed by atoms with Crippen LogP contribution in [0.15, 0.2) is 12.1 Å². The molecule has 1 aromatic rings. The molecule has 13 heavy (non-hydrogen) atoms. The normalized spacial score (nSPS) is 11.0. The summed E-state index contributed by atoms with van der Waals surface area (Å²) in [6.07, 6.45) is -4.48. The van der Waals surface area contributed by atoms with E-state index in [2.05, 4.69) is 6.07 Å². The molecule has 0 aliphatic rings. The van der Waals surface area contributed by atoms with E-state index in [1.165, 1.54) is 0 Å². The van der Waals surface area contributed by atoms with E-state index in [1.807, 2.05) is 0 Å². The molecule has 0 bridgehead atoms. The quantitative estimate of drug-likeness (QED) is 0.637. The first-order valence-electron chi connectivity index (χ1n) is 3.13. The Balaban J connectivity index is 3.26. The van der Waals surface area contributed by atoms with Gasteiger partial charge in [-0.3, -0.25) is 0 Å². The van der Waals surface area contributed by atoms with Crippen LogP contribution in [0.1, 0.15) is 11.1 Å². The molecule has 1 radical (unpaired) electrons. The maximum atomic E-state index is 12.1. The van der Waals surface area contributed by atoms with Crippen LogP contribution in [-0.4, -0.2) is 0 Å². The van der Waals surface area contributed by atoms with Gasteiger partial charge in [-0.15, -0.1) is 0 Å². The number of hydrogen-bond acceptors (Lipinski definition) is 1. The van der Waals surface area contributed by atoms with Crippen molar-refractivity contribution in [2.24, 2.45) is 0 Å². The lowest BCUT2D eigenvalue weighted by molar-refractivity contribution is -0.137. The second kappa shape index (κ2) is 3.27. The lowest BCUT2D eigenvalue weighted by atomic mass is 10.1. The number of alkyl halides is 3. The number of hydrogen-bond donors (Lipinski definition) is 0. The Morgan fingerprint density at radius 1 is 1.38 bits per heavy atom. The molecule has 0 N–H and O–H groups in total. The monoisotopic (exact) mass is 204 g/mol. The van der Waals surface area contributed by atoms with E-state index in [4.69, 9.17) is 16.9 Å². The Morgan fingerprint density at radius 2 is 2.00 bits per heavy atom. The molecule has 1 aromatic carbocycles. The second-order valence-electron chi connectivity index (χ2n) is 2.24. The summed E-state index contributed by atoms with van der Waals surface area (Å²) in [5.41, 5.74) is -1.16. The zero-order valence-electron chi connectivity index (χ0n) is 6.11. The van der Waals surface area contributed by atoms with Gasteiger partial charge < -0.3 is 0 Å². The maximum absolute atomic E-state index is 12.1. The molecule has 0 fully saturated rings. The summed E-state index contributed by atoms with van der Waals surface area (Å²) in [7, 11) is 0. The van der Waals surface area contributed by atoms with Crippen molar-refractivity contribution >= 4 is 11.6 Å². The number of nitriles is 1. The van der Waals surface area contributed by atoms with Crippen LogP contribution in [-0.2, 0) is 6.18 Å². The lowest BCUT2D eigenvalue weighted by Crippen LogP contribution is -2.05. The van der Waals surface area contributed by atoms with Gasteiger partial charge in [-0.1, -0.05) is 11.6 Å². The molecule has 0 unspecified atom stereocenters.